The molecule has 0 unspecified atom stereocenters. The number of nitrogens with one attached hydrogen (secondary N) is 1. The molecule has 1 aromatic rings. The molecule has 0 saturated carbocycles. The lowest BCUT2D eigenvalue weighted by Crippen LogP contribution is -2.11. The van der Waals surface area contributed by atoms with Crippen LogP contribution in [0, 0.1) is 5.82 Å². The molecule has 0 bridgehead atoms. The first kappa shape index (κ1) is 12.6. The molecular formula is C11H15BrFNO. The van der Waals surface area contributed by atoms with Gasteiger partial charge in [0.05, 0.1) is 11.1 Å². The minimum absolute atomic E-state index is 0.176. The predicted molar refractivity (Wildman–Crippen MR) is 62.4 cm³/mol. The van der Waals surface area contributed by atoms with Crippen LogP contribution in [0.4, 0.5) is 4.39 Å². The van der Waals surface area contributed by atoms with E-state index < -0.39 is 0 Å². The van der Waals surface area contributed by atoms with E-state index in [9.17, 15) is 4.39 Å². The van der Waals surface area contributed by atoms with Gasteiger partial charge in [0, 0.05) is 7.11 Å². The van der Waals surface area contributed by atoms with Crippen LogP contribution < -0.4 is 5.32 Å². The standard InChI is InChI=1S/C11H15BrFNO/c1-14-4-3-9-5-8(7-15-2)6-10(12)11(9)13/h5-6,14H,3-4,7H2,1-2H3. The molecule has 0 fully saturated rings. The number of ether oxygens (including phenoxy) is 1. The maximum atomic E-state index is 13.6. The van der Waals surface area contributed by atoms with Crippen molar-refractivity contribution in [2.75, 3.05) is 20.7 Å². The molecule has 0 amide bonds. The Kier molecular flexibility index (Phi) is 5.22. The molecule has 0 aliphatic carbocycles. The van der Waals surface area contributed by atoms with Gasteiger partial charge in [-0.15, -0.1) is 0 Å². The zero-order valence-electron chi connectivity index (χ0n) is 8.94. The molecule has 1 aromatic carbocycles. The fraction of sp³-hybridized carbons (Fsp3) is 0.455. The summed E-state index contributed by atoms with van der Waals surface area (Å²) in [6.45, 7) is 1.27. The van der Waals surface area contributed by atoms with Crippen LogP contribution in [0.3, 0.4) is 0 Å². The molecule has 0 radical (unpaired) electrons. The lowest BCUT2D eigenvalue weighted by molar-refractivity contribution is 0.184. The molecular weight excluding hydrogens is 261 g/mol. The number of benzene rings is 1. The van der Waals surface area contributed by atoms with Crippen molar-refractivity contribution in [3.8, 4) is 0 Å². The Morgan fingerprint density at radius 2 is 2.20 bits per heavy atom. The first-order valence-electron chi connectivity index (χ1n) is 4.79. The Balaban J connectivity index is 2.91. The number of halogens is 2. The summed E-state index contributed by atoms with van der Waals surface area (Å²) in [5.74, 6) is -0.176. The van der Waals surface area contributed by atoms with Gasteiger partial charge < -0.3 is 10.1 Å². The lowest BCUT2D eigenvalue weighted by atomic mass is 10.1. The van der Waals surface area contributed by atoms with Gasteiger partial charge in [-0.25, -0.2) is 4.39 Å². The molecule has 84 valence electrons. The average Bonchev–Trinajstić information content (AvgIpc) is 2.21. The number of methoxy groups -OCH3 is 1. The van der Waals surface area contributed by atoms with Crippen LogP contribution in [-0.2, 0) is 17.8 Å². The van der Waals surface area contributed by atoms with Gasteiger partial charge in [0.2, 0.25) is 0 Å². The number of likely N-dealkylation sites (N-methyl/N-ethyl adjacent to an activating group) is 1. The molecule has 4 heteroatoms. The Morgan fingerprint density at radius 3 is 2.80 bits per heavy atom. The fourth-order valence-electron chi connectivity index (χ4n) is 1.40. The quantitative estimate of drug-likeness (QED) is 0.892. The molecule has 1 N–H and O–H groups in total. The van der Waals surface area contributed by atoms with Crippen molar-refractivity contribution in [1.29, 1.82) is 0 Å². The summed E-state index contributed by atoms with van der Waals surface area (Å²) in [5.41, 5.74) is 1.70. The van der Waals surface area contributed by atoms with Crippen LogP contribution in [0.2, 0.25) is 0 Å². The highest BCUT2D eigenvalue weighted by atomic mass is 79.9. The van der Waals surface area contributed by atoms with Crippen molar-refractivity contribution in [1.82, 2.24) is 5.32 Å². The first-order chi connectivity index (χ1) is 7.19. The van der Waals surface area contributed by atoms with E-state index >= 15 is 0 Å². The number of hydrogen-bond acceptors (Lipinski definition) is 2. The topological polar surface area (TPSA) is 21.3 Å². The summed E-state index contributed by atoms with van der Waals surface area (Å²) in [6.07, 6.45) is 0.679. The monoisotopic (exact) mass is 275 g/mol. The van der Waals surface area contributed by atoms with E-state index in [0.717, 1.165) is 12.1 Å². The number of hydrogen-bond donors (Lipinski definition) is 1. The van der Waals surface area contributed by atoms with Crippen molar-refractivity contribution < 1.29 is 9.13 Å². The fourth-order valence-corrected chi connectivity index (χ4v) is 1.95. The van der Waals surface area contributed by atoms with E-state index in [1.54, 1.807) is 13.2 Å². The molecule has 0 aliphatic heterocycles. The zero-order valence-corrected chi connectivity index (χ0v) is 10.5. The Morgan fingerprint density at radius 1 is 1.47 bits per heavy atom. The van der Waals surface area contributed by atoms with Crippen LogP contribution in [0.25, 0.3) is 0 Å². The molecule has 0 aromatic heterocycles. The van der Waals surface area contributed by atoms with E-state index in [0.29, 0.717) is 23.1 Å². The van der Waals surface area contributed by atoms with Crippen LogP contribution in [-0.4, -0.2) is 20.7 Å². The molecule has 2 nitrogen and oxygen atoms in total. The van der Waals surface area contributed by atoms with Gasteiger partial charge in [-0.3, -0.25) is 0 Å². The summed E-state index contributed by atoms with van der Waals surface area (Å²) in [7, 11) is 3.48. The summed E-state index contributed by atoms with van der Waals surface area (Å²) in [6, 6.07) is 3.60. The van der Waals surface area contributed by atoms with Gasteiger partial charge in [0.25, 0.3) is 0 Å². The van der Waals surface area contributed by atoms with Crippen LogP contribution in [0.15, 0.2) is 16.6 Å². The van der Waals surface area contributed by atoms with Crippen LogP contribution >= 0.6 is 15.9 Å². The SMILES string of the molecule is CNCCc1cc(COC)cc(Br)c1F. The molecule has 1 rings (SSSR count). The van der Waals surface area contributed by atoms with E-state index in [4.69, 9.17) is 4.74 Å². The van der Waals surface area contributed by atoms with Crippen LogP contribution in [0.5, 0.6) is 0 Å². The molecule has 0 heterocycles. The van der Waals surface area contributed by atoms with Gasteiger partial charge >= 0.3 is 0 Å². The normalized spacial score (nSPS) is 10.7. The van der Waals surface area contributed by atoms with E-state index in [1.807, 2.05) is 13.1 Å². The highest BCUT2D eigenvalue weighted by molar-refractivity contribution is 9.10. The molecule has 15 heavy (non-hydrogen) atoms. The Labute approximate surface area is 98.0 Å². The van der Waals surface area contributed by atoms with E-state index in [2.05, 4.69) is 21.2 Å². The zero-order chi connectivity index (χ0) is 11.3. The van der Waals surface area contributed by atoms with Crippen LogP contribution in [0.1, 0.15) is 11.1 Å². The highest BCUT2D eigenvalue weighted by Crippen LogP contribution is 2.22. The first-order valence-corrected chi connectivity index (χ1v) is 5.58. The van der Waals surface area contributed by atoms with Crippen molar-refractivity contribution in [2.45, 2.75) is 13.0 Å². The maximum absolute atomic E-state index is 13.6. The van der Waals surface area contributed by atoms with Crippen molar-refractivity contribution in [3.05, 3.63) is 33.5 Å². The third kappa shape index (κ3) is 3.55. The second-order valence-corrected chi connectivity index (χ2v) is 4.19. The minimum Gasteiger partial charge on any atom is -0.380 e. The summed E-state index contributed by atoms with van der Waals surface area (Å²) < 4.78 is 19.2. The molecule has 0 saturated heterocycles. The maximum Gasteiger partial charge on any atom is 0.140 e. The summed E-state index contributed by atoms with van der Waals surface area (Å²) in [5, 5.41) is 3.00. The minimum atomic E-state index is -0.176. The highest BCUT2D eigenvalue weighted by Gasteiger charge is 2.08. The third-order valence-electron chi connectivity index (χ3n) is 2.12. The predicted octanol–water partition coefficient (Wildman–Crippen LogP) is 2.50. The van der Waals surface area contributed by atoms with Crippen molar-refractivity contribution in [2.24, 2.45) is 0 Å². The largest absolute Gasteiger partial charge is 0.380 e. The van der Waals surface area contributed by atoms with Crippen molar-refractivity contribution in [3.63, 3.8) is 0 Å². The second-order valence-electron chi connectivity index (χ2n) is 3.34. The van der Waals surface area contributed by atoms with Gasteiger partial charge in [-0.1, -0.05) is 6.07 Å². The van der Waals surface area contributed by atoms with Gasteiger partial charge in [0.1, 0.15) is 5.82 Å². The summed E-state index contributed by atoms with van der Waals surface area (Å²) in [4.78, 5) is 0. The molecule has 0 aliphatic rings. The lowest BCUT2D eigenvalue weighted by Gasteiger charge is -2.08. The third-order valence-corrected chi connectivity index (χ3v) is 2.70. The average molecular weight is 276 g/mol. The summed E-state index contributed by atoms with van der Waals surface area (Å²) >= 11 is 3.21. The van der Waals surface area contributed by atoms with Crippen molar-refractivity contribution >= 4 is 15.9 Å². The smallest absolute Gasteiger partial charge is 0.140 e. The van der Waals surface area contributed by atoms with Gasteiger partial charge in [0.15, 0.2) is 0 Å². The van der Waals surface area contributed by atoms with Gasteiger partial charge in [-0.05, 0) is 53.1 Å². The molecule has 0 spiro atoms. The van der Waals surface area contributed by atoms with Gasteiger partial charge in [-0.2, -0.15) is 0 Å². The Hall–Kier alpha value is -0.450. The Bertz CT molecular complexity index is 331. The van der Waals surface area contributed by atoms with E-state index in [-0.39, 0.29) is 5.82 Å². The second kappa shape index (κ2) is 6.20. The molecule has 0 atom stereocenters. The number of rotatable bonds is 5. The van der Waals surface area contributed by atoms with E-state index in [1.165, 1.54) is 0 Å².